The Morgan fingerprint density at radius 2 is 0.700 bits per heavy atom. The zero-order chi connectivity index (χ0) is 12.7. The maximum Gasteiger partial charge on any atom is 0.322 e. The second kappa shape index (κ2) is 8.35. The van der Waals surface area contributed by atoms with Crippen molar-refractivity contribution in [3.05, 3.63) is 0 Å². The third kappa shape index (κ3) is 2.88. The molecule has 8 nitrogen and oxygen atoms in total. The van der Waals surface area contributed by atoms with E-state index in [2.05, 4.69) is 0 Å². The van der Waals surface area contributed by atoms with Crippen LogP contribution in [-0.2, 0) is 19.2 Å². The fourth-order valence-corrected chi connectivity index (χ4v) is 1.97. The van der Waals surface area contributed by atoms with Gasteiger partial charge in [0, 0.05) is 0 Å². The minimum Gasteiger partial charge on any atom is -0.480 e. The van der Waals surface area contributed by atoms with Gasteiger partial charge in [-0.2, -0.15) is 0 Å². The highest BCUT2D eigenvalue weighted by molar-refractivity contribution is 6.14. The smallest absolute Gasteiger partial charge is 0.322 e. The molecule has 0 heterocycles. The fraction of sp³-hybridized carbons (Fsp3) is 0.500. The van der Waals surface area contributed by atoms with Crippen molar-refractivity contribution in [2.75, 3.05) is 0 Å². The van der Waals surface area contributed by atoms with Gasteiger partial charge in [-0.3, -0.25) is 19.2 Å². The first-order valence-corrected chi connectivity index (χ1v) is 4.17. The number of hydrogen-bond acceptors (Lipinski definition) is 4. The van der Waals surface area contributed by atoms with Crippen LogP contribution in [0.25, 0.3) is 0 Å². The van der Waals surface area contributed by atoms with Crippen molar-refractivity contribution in [3.63, 3.8) is 0 Å². The highest BCUT2D eigenvalue weighted by Gasteiger charge is 2.77. The summed E-state index contributed by atoms with van der Waals surface area (Å²) >= 11 is 0. The van der Waals surface area contributed by atoms with Crippen molar-refractivity contribution in [1.82, 2.24) is 0 Å². The summed E-state index contributed by atoms with van der Waals surface area (Å²) in [5.74, 6) is -7.79. The van der Waals surface area contributed by atoms with Crippen LogP contribution in [-0.4, -0.2) is 44.3 Å². The molecule has 1 aliphatic carbocycles. The Morgan fingerprint density at radius 3 is 0.750 bits per heavy atom. The number of halogens is 4. The van der Waals surface area contributed by atoms with Crippen molar-refractivity contribution in [2.24, 2.45) is 10.8 Å². The van der Waals surface area contributed by atoms with Gasteiger partial charge in [-0.05, 0) is 12.8 Å². The monoisotopic (exact) mass is 376 g/mol. The minimum atomic E-state index is -2.79. The van der Waals surface area contributed by atoms with Gasteiger partial charge in [-0.15, -0.1) is 49.6 Å². The standard InChI is InChI=1S/C8H8O8.4ClH/c9-3(10)7(4(11)12)1-2-8(7,5(13)14)6(15)16;;;;/h1-2H2,(H,9,10)(H,11,12)(H,13,14)(H,15,16);4*1H. The van der Waals surface area contributed by atoms with Crippen LogP contribution in [0.1, 0.15) is 12.8 Å². The van der Waals surface area contributed by atoms with Gasteiger partial charge in [0.1, 0.15) is 0 Å². The van der Waals surface area contributed by atoms with Gasteiger partial charge in [-0.25, -0.2) is 0 Å². The quantitative estimate of drug-likeness (QED) is 0.525. The van der Waals surface area contributed by atoms with Crippen molar-refractivity contribution < 1.29 is 39.6 Å². The van der Waals surface area contributed by atoms with E-state index in [4.69, 9.17) is 20.4 Å². The molecule has 0 aromatic heterocycles. The third-order valence-electron chi connectivity index (χ3n) is 3.06. The lowest BCUT2D eigenvalue weighted by Gasteiger charge is -2.47. The predicted molar refractivity (Wildman–Crippen MR) is 73.6 cm³/mol. The van der Waals surface area contributed by atoms with Crippen molar-refractivity contribution in [1.29, 1.82) is 0 Å². The van der Waals surface area contributed by atoms with E-state index in [1.165, 1.54) is 0 Å². The summed E-state index contributed by atoms with van der Waals surface area (Å²) in [6, 6.07) is 0. The topological polar surface area (TPSA) is 149 Å². The van der Waals surface area contributed by atoms with Gasteiger partial charge in [0.05, 0.1) is 0 Å². The lowest BCUT2D eigenvalue weighted by Crippen LogP contribution is -2.67. The summed E-state index contributed by atoms with van der Waals surface area (Å²) < 4.78 is 0. The summed E-state index contributed by atoms with van der Waals surface area (Å²) in [7, 11) is 0. The average molecular weight is 378 g/mol. The number of aliphatic carboxylic acids is 4. The molecule has 4 N–H and O–H groups in total. The molecule has 20 heavy (non-hydrogen) atoms. The van der Waals surface area contributed by atoms with E-state index < -0.39 is 47.5 Å². The molecule has 120 valence electrons. The molecule has 0 aromatic carbocycles. The molecule has 0 amide bonds. The van der Waals surface area contributed by atoms with Crippen LogP contribution in [0.2, 0.25) is 0 Å². The highest BCUT2D eigenvalue weighted by atomic mass is 35.5. The first kappa shape index (κ1) is 27.4. The third-order valence-corrected chi connectivity index (χ3v) is 3.06. The van der Waals surface area contributed by atoms with Crippen LogP contribution in [0, 0.1) is 10.8 Å². The lowest BCUT2D eigenvalue weighted by atomic mass is 9.49. The van der Waals surface area contributed by atoms with E-state index in [0.29, 0.717) is 0 Å². The summed E-state index contributed by atoms with van der Waals surface area (Å²) in [6.07, 6.45) is -1.04. The molecule has 0 radical (unpaired) electrons. The number of carbonyl (C=O) groups is 4. The molecule has 1 fully saturated rings. The van der Waals surface area contributed by atoms with E-state index in [1.54, 1.807) is 0 Å². The lowest BCUT2D eigenvalue weighted by molar-refractivity contribution is -0.211. The minimum absolute atomic E-state index is 0. The van der Waals surface area contributed by atoms with Crippen molar-refractivity contribution in [3.8, 4) is 0 Å². The fourth-order valence-electron chi connectivity index (χ4n) is 1.97. The Hall–Kier alpha value is -0.960. The van der Waals surface area contributed by atoms with Crippen LogP contribution in [0.4, 0.5) is 0 Å². The summed E-state index contributed by atoms with van der Waals surface area (Å²) in [5.41, 5.74) is -5.57. The van der Waals surface area contributed by atoms with E-state index in [1.807, 2.05) is 0 Å². The summed E-state index contributed by atoms with van der Waals surface area (Å²) in [5, 5.41) is 35.1. The molecular weight excluding hydrogens is 366 g/mol. The first-order chi connectivity index (χ1) is 7.23. The van der Waals surface area contributed by atoms with Gasteiger partial charge in [0.25, 0.3) is 0 Å². The van der Waals surface area contributed by atoms with E-state index in [0.717, 1.165) is 0 Å². The van der Waals surface area contributed by atoms with Crippen LogP contribution < -0.4 is 0 Å². The Morgan fingerprint density at radius 1 is 0.550 bits per heavy atom. The number of carboxylic acids is 4. The molecule has 0 aromatic rings. The van der Waals surface area contributed by atoms with Crippen LogP contribution in [0.5, 0.6) is 0 Å². The molecule has 1 rings (SSSR count). The molecule has 1 aliphatic rings. The molecule has 0 spiro atoms. The van der Waals surface area contributed by atoms with Gasteiger partial charge in [0.15, 0.2) is 10.8 Å². The molecule has 0 saturated heterocycles. The second-order valence-electron chi connectivity index (χ2n) is 3.53. The number of hydrogen-bond donors (Lipinski definition) is 4. The van der Waals surface area contributed by atoms with Gasteiger partial charge in [-0.1, -0.05) is 0 Å². The van der Waals surface area contributed by atoms with Crippen molar-refractivity contribution in [2.45, 2.75) is 12.8 Å². The van der Waals surface area contributed by atoms with E-state index in [9.17, 15) is 19.2 Å². The Labute approximate surface area is 137 Å². The van der Waals surface area contributed by atoms with E-state index >= 15 is 0 Å². The molecule has 0 unspecified atom stereocenters. The number of carboxylic acid groups (broad SMARTS) is 4. The molecule has 0 atom stereocenters. The first-order valence-electron chi connectivity index (χ1n) is 4.17. The maximum atomic E-state index is 10.9. The maximum absolute atomic E-state index is 10.9. The second-order valence-corrected chi connectivity index (χ2v) is 3.53. The van der Waals surface area contributed by atoms with Crippen LogP contribution in [0.3, 0.4) is 0 Å². The van der Waals surface area contributed by atoms with Gasteiger partial charge < -0.3 is 20.4 Å². The summed E-state index contributed by atoms with van der Waals surface area (Å²) in [4.78, 5) is 43.4. The zero-order valence-corrected chi connectivity index (χ0v) is 12.7. The predicted octanol–water partition coefficient (Wildman–Crippen LogP) is 0.779. The normalized spacial score (nSPS) is 16.4. The molecule has 0 bridgehead atoms. The molecule has 12 heteroatoms. The molecule has 0 aliphatic heterocycles. The molecule has 1 saturated carbocycles. The SMILES string of the molecule is Cl.Cl.Cl.Cl.O=C(O)C1(C(=O)O)CCC1(C(=O)O)C(=O)O. The number of rotatable bonds is 4. The average Bonchev–Trinajstić information content (AvgIpc) is 1.98. The Balaban J connectivity index is -0.000000320. The van der Waals surface area contributed by atoms with E-state index in [-0.39, 0.29) is 49.6 Å². The Kier molecular flexibility index (Phi) is 11.4. The zero-order valence-electron chi connectivity index (χ0n) is 9.47. The van der Waals surface area contributed by atoms with Crippen LogP contribution in [0.15, 0.2) is 0 Å². The summed E-state index contributed by atoms with van der Waals surface area (Å²) in [6.45, 7) is 0. The van der Waals surface area contributed by atoms with Gasteiger partial charge in [0.2, 0.25) is 0 Å². The Bertz CT molecular complexity index is 343. The van der Waals surface area contributed by atoms with Gasteiger partial charge >= 0.3 is 23.9 Å². The van der Waals surface area contributed by atoms with Crippen LogP contribution >= 0.6 is 49.6 Å². The molecular formula is C8H12Cl4O8. The highest BCUT2D eigenvalue weighted by Crippen LogP contribution is 2.57. The largest absolute Gasteiger partial charge is 0.480 e. The van der Waals surface area contributed by atoms with Crippen molar-refractivity contribution >= 4 is 73.5 Å².